The van der Waals surface area contributed by atoms with Crippen molar-refractivity contribution < 1.29 is 18.0 Å². The standard InChI is InChI=1S/C15H10F3N3O/c1-8-7-21-6-2-3-11(14(21)19-8)20-15(22)9-4-5-10(16)13(18)12(9)17/h2-7H,1H3,(H,20,22). The number of nitrogens with zero attached hydrogens (tertiary/aromatic N) is 2. The highest BCUT2D eigenvalue weighted by Crippen LogP contribution is 2.20. The topological polar surface area (TPSA) is 46.4 Å². The Hall–Kier alpha value is -2.83. The van der Waals surface area contributed by atoms with Gasteiger partial charge < -0.3 is 9.72 Å². The van der Waals surface area contributed by atoms with Gasteiger partial charge in [-0.05, 0) is 31.2 Å². The van der Waals surface area contributed by atoms with Crippen molar-refractivity contribution in [1.29, 1.82) is 0 Å². The molecule has 0 bridgehead atoms. The summed E-state index contributed by atoms with van der Waals surface area (Å²) in [5.41, 5.74) is 0.964. The maximum atomic E-state index is 13.6. The van der Waals surface area contributed by atoms with Crippen molar-refractivity contribution in [2.45, 2.75) is 6.92 Å². The van der Waals surface area contributed by atoms with Crippen molar-refractivity contribution >= 4 is 17.2 Å². The number of carbonyl (C=O) groups excluding carboxylic acids is 1. The summed E-state index contributed by atoms with van der Waals surface area (Å²) < 4.78 is 41.4. The van der Waals surface area contributed by atoms with Gasteiger partial charge in [0, 0.05) is 12.4 Å². The normalized spacial score (nSPS) is 10.9. The SMILES string of the molecule is Cc1cn2cccc(NC(=O)c3ccc(F)c(F)c3F)c2n1. The summed E-state index contributed by atoms with van der Waals surface area (Å²) in [4.78, 5) is 16.3. The Morgan fingerprint density at radius 2 is 1.95 bits per heavy atom. The molecule has 0 saturated carbocycles. The molecule has 3 rings (SSSR count). The Labute approximate surface area is 123 Å². The number of fused-ring (bicyclic) bond motifs is 1. The molecule has 1 N–H and O–H groups in total. The minimum atomic E-state index is -1.68. The molecule has 0 aliphatic heterocycles. The Morgan fingerprint density at radius 1 is 1.18 bits per heavy atom. The lowest BCUT2D eigenvalue weighted by Crippen LogP contribution is -2.15. The minimum Gasteiger partial charge on any atom is -0.319 e. The zero-order valence-corrected chi connectivity index (χ0v) is 11.4. The molecular formula is C15H10F3N3O. The molecule has 0 aliphatic rings. The van der Waals surface area contributed by atoms with E-state index in [0.29, 0.717) is 17.4 Å². The third-order valence-electron chi connectivity index (χ3n) is 3.13. The molecule has 0 fully saturated rings. The second-order valence-electron chi connectivity index (χ2n) is 4.71. The molecule has 2 heterocycles. The van der Waals surface area contributed by atoms with Gasteiger partial charge in [0.05, 0.1) is 16.9 Å². The molecule has 4 nitrogen and oxygen atoms in total. The number of hydrogen-bond donors (Lipinski definition) is 1. The molecule has 0 aliphatic carbocycles. The number of aromatic nitrogens is 2. The maximum absolute atomic E-state index is 13.6. The van der Waals surface area contributed by atoms with E-state index in [0.717, 1.165) is 11.8 Å². The molecule has 0 spiro atoms. The van der Waals surface area contributed by atoms with Gasteiger partial charge in [0.15, 0.2) is 23.1 Å². The molecule has 2 aromatic heterocycles. The fraction of sp³-hybridized carbons (Fsp3) is 0.0667. The number of hydrogen-bond acceptors (Lipinski definition) is 2. The number of halogens is 3. The summed E-state index contributed by atoms with van der Waals surface area (Å²) in [6.07, 6.45) is 3.49. The first-order valence-electron chi connectivity index (χ1n) is 6.36. The van der Waals surface area contributed by atoms with Gasteiger partial charge in [0.2, 0.25) is 0 Å². The van der Waals surface area contributed by atoms with Crippen LogP contribution in [-0.4, -0.2) is 15.3 Å². The number of anilines is 1. The molecule has 0 saturated heterocycles. The first-order valence-corrected chi connectivity index (χ1v) is 6.36. The highest BCUT2D eigenvalue weighted by molar-refractivity contribution is 6.06. The molecule has 22 heavy (non-hydrogen) atoms. The van der Waals surface area contributed by atoms with E-state index in [1.165, 1.54) is 0 Å². The van der Waals surface area contributed by atoms with Gasteiger partial charge in [0.1, 0.15) is 0 Å². The van der Waals surface area contributed by atoms with Crippen LogP contribution in [0.15, 0.2) is 36.7 Å². The predicted octanol–water partition coefficient (Wildman–Crippen LogP) is 3.31. The summed E-state index contributed by atoms with van der Waals surface area (Å²) >= 11 is 0. The van der Waals surface area contributed by atoms with E-state index in [2.05, 4.69) is 10.3 Å². The van der Waals surface area contributed by atoms with E-state index in [4.69, 9.17) is 0 Å². The number of amides is 1. The molecule has 3 aromatic rings. The second-order valence-corrected chi connectivity index (χ2v) is 4.71. The van der Waals surface area contributed by atoms with Crippen molar-refractivity contribution in [3.8, 4) is 0 Å². The van der Waals surface area contributed by atoms with E-state index in [1.807, 2.05) is 0 Å². The van der Waals surface area contributed by atoms with Gasteiger partial charge in [-0.2, -0.15) is 0 Å². The van der Waals surface area contributed by atoms with Crippen LogP contribution >= 0.6 is 0 Å². The van der Waals surface area contributed by atoms with Crippen molar-refractivity contribution in [2.75, 3.05) is 5.32 Å². The zero-order valence-electron chi connectivity index (χ0n) is 11.4. The van der Waals surface area contributed by atoms with Crippen molar-refractivity contribution in [1.82, 2.24) is 9.38 Å². The van der Waals surface area contributed by atoms with Gasteiger partial charge in [-0.25, -0.2) is 18.2 Å². The first-order chi connectivity index (χ1) is 10.5. The van der Waals surface area contributed by atoms with E-state index in [9.17, 15) is 18.0 Å². The second kappa shape index (κ2) is 5.18. The van der Waals surface area contributed by atoms with E-state index < -0.39 is 28.9 Å². The molecule has 0 radical (unpaired) electrons. The number of pyridine rings is 1. The third-order valence-corrected chi connectivity index (χ3v) is 3.13. The molecule has 1 amide bonds. The lowest BCUT2D eigenvalue weighted by Gasteiger charge is -2.08. The van der Waals surface area contributed by atoms with Crippen LogP contribution in [0.25, 0.3) is 5.65 Å². The van der Waals surface area contributed by atoms with Crippen LogP contribution in [0.3, 0.4) is 0 Å². The van der Waals surface area contributed by atoms with Crippen LogP contribution in [0, 0.1) is 24.4 Å². The van der Waals surface area contributed by atoms with Gasteiger partial charge in [-0.3, -0.25) is 4.79 Å². The van der Waals surface area contributed by atoms with Crippen LogP contribution in [0.2, 0.25) is 0 Å². The fourth-order valence-electron chi connectivity index (χ4n) is 2.12. The van der Waals surface area contributed by atoms with Crippen molar-refractivity contribution in [3.05, 3.63) is 65.4 Å². The molecule has 0 atom stereocenters. The van der Waals surface area contributed by atoms with Gasteiger partial charge in [0.25, 0.3) is 5.91 Å². The molecule has 7 heteroatoms. The number of nitrogens with one attached hydrogen (secondary N) is 1. The summed E-state index contributed by atoms with van der Waals surface area (Å²) in [5.74, 6) is -5.43. The smallest absolute Gasteiger partial charge is 0.258 e. The average Bonchev–Trinajstić information content (AvgIpc) is 2.86. The van der Waals surface area contributed by atoms with Crippen LogP contribution < -0.4 is 5.32 Å². The predicted molar refractivity (Wildman–Crippen MR) is 74.2 cm³/mol. The maximum Gasteiger partial charge on any atom is 0.258 e. The van der Waals surface area contributed by atoms with Gasteiger partial charge >= 0.3 is 0 Å². The zero-order chi connectivity index (χ0) is 15.9. The lowest BCUT2D eigenvalue weighted by molar-refractivity contribution is 0.102. The Balaban J connectivity index is 1.98. The van der Waals surface area contributed by atoms with E-state index >= 15 is 0 Å². The summed E-state index contributed by atoms with van der Waals surface area (Å²) in [5, 5.41) is 2.45. The van der Waals surface area contributed by atoms with Crippen LogP contribution in [0.1, 0.15) is 16.1 Å². The van der Waals surface area contributed by atoms with Crippen LogP contribution in [-0.2, 0) is 0 Å². The highest BCUT2D eigenvalue weighted by Gasteiger charge is 2.19. The Kier molecular flexibility index (Phi) is 3.32. The van der Waals surface area contributed by atoms with Crippen LogP contribution in [0.4, 0.5) is 18.9 Å². The summed E-state index contributed by atoms with van der Waals surface area (Å²) in [7, 11) is 0. The molecular weight excluding hydrogens is 295 g/mol. The summed E-state index contributed by atoms with van der Waals surface area (Å²) in [6.45, 7) is 1.79. The van der Waals surface area contributed by atoms with Gasteiger partial charge in [-0.1, -0.05) is 0 Å². The van der Waals surface area contributed by atoms with Gasteiger partial charge in [-0.15, -0.1) is 0 Å². The summed E-state index contributed by atoms with van der Waals surface area (Å²) in [6, 6.07) is 4.84. The van der Waals surface area contributed by atoms with Crippen molar-refractivity contribution in [2.24, 2.45) is 0 Å². The fourth-order valence-corrected chi connectivity index (χ4v) is 2.12. The quantitative estimate of drug-likeness (QED) is 0.738. The van der Waals surface area contributed by atoms with Crippen molar-refractivity contribution in [3.63, 3.8) is 0 Å². The largest absolute Gasteiger partial charge is 0.319 e. The number of rotatable bonds is 2. The monoisotopic (exact) mass is 305 g/mol. The van der Waals surface area contributed by atoms with E-state index in [-0.39, 0.29) is 0 Å². The molecule has 1 aromatic carbocycles. The number of benzene rings is 1. The number of carbonyl (C=O) groups is 1. The highest BCUT2D eigenvalue weighted by atomic mass is 19.2. The Morgan fingerprint density at radius 3 is 2.73 bits per heavy atom. The first kappa shape index (κ1) is 14.1. The lowest BCUT2D eigenvalue weighted by atomic mass is 10.2. The molecule has 0 unspecified atom stereocenters. The number of imidazole rings is 1. The Bertz CT molecular complexity index is 889. The minimum absolute atomic E-state index is 0.338. The molecule has 112 valence electrons. The van der Waals surface area contributed by atoms with E-state index in [1.54, 1.807) is 35.9 Å². The third kappa shape index (κ3) is 2.30. The average molecular weight is 305 g/mol. The number of aryl methyl sites for hydroxylation is 1. The van der Waals surface area contributed by atoms with Crippen LogP contribution in [0.5, 0.6) is 0 Å².